The summed E-state index contributed by atoms with van der Waals surface area (Å²) in [6.07, 6.45) is 0. The molecule has 0 N–H and O–H groups in total. The summed E-state index contributed by atoms with van der Waals surface area (Å²) in [5, 5.41) is 0.479. The van der Waals surface area contributed by atoms with Crippen LogP contribution in [-0.4, -0.2) is 53.1 Å². The molecule has 2 aromatic rings. The van der Waals surface area contributed by atoms with E-state index in [0.717, 1.165) is 0 Å². The van der Waals surface area contributed by atoms with Gasteiger partial charge in [-0.05, 0) is 36.4 Å². The maximum absolute atomic E-state index is 12.8. The van der Waals surface area contributed by atoms with E-state index < -0.39 is 19.9 Å². The quantitative estimate of drug-likeness (QED) is 0.731. The van der Waals surface area contributed by atoms with Crippen molar-refractivity contribution in [1.29, 1.82) is 0 Å². The van der Waals surface area contributed by atoms with Crippen LogP contribution in [0.15, 0.2) is 58.3 Å². The largest absolute Gasteiger partial charge is 0.368 e. The second kappa shape index (κ2) is 7.79. The lowest BCUT2D eigenvalue weighted by Gasteiger charge is -2.36. The monoisotopic (exact) mass is 428 g/mol. The molecule has 0 bridgehead atoms. The Morgan fingerprint density at radius 1 is 0.889 bits per heavy atom. The van der Waals surface area contributed by atoms with Crippen LogP contribution in [0.1, 0.15) is 6.92 Å². The number of hydrogen-bond donors (Lipinski definition) is 0. The highest BCUT2D eigenvalue weighted by Gasteiger charge is 2.30. The third-order valence-electron chi connectivity index (χ3n) is 4.61. The topological polar surface area (TPSA) is 74.8 Å². The van der Waals surface area contributed by atoms with E-state index in [1.807, 2.05) is 4.90 Å². The molecule has 3 rings (SSSR count). The van der Waals surface area contributed by atoms with E-state index in [1.165, 1.54) is 16.4 Å². The van der Waals surface area contributed by atoms with E-state index >= 15 is 0 Å². The van der Waals surface area contributed by atoms with Crippen LogP contribution in [0, 0.1) is 0 Å². The van der Waals surface area contributed by atoms with Crippen LogP contribution < -0.4 is 4.90 Å². The molecule has 0 radical (unpaired) electrons. The molecule has 0 aromatic heterocycles. The van der Waals surface area contributed by atoms with E-state index in [2.05, 4.69) is 0 Å². The number of para-hydroxylation sites is 1. The van der Waals surface area contributed by atoms with Gasteiger partial charge in [0.25, 0.3) is 0 Å². The predicted molar refractivity (Wildman–Crippen MR) is 107 cm³/mol. The lowest BCUT2D eigenvalue weighted by molar-refractivity contribution is 0.384. The fraction of sp³-hybridized carbons (Fsp3) is 0.333. The van der Waals surface area contributed by atoms with Crippen molar-refractivity contribution in [2.24, 2.45) is 0 Å². The predicted octanol–water partition coefficient (Wildman–Crippen LogP) is 2.64. The van der Waals surface area contributed by atoms with E-state index in [4.69, 9.17) is 11.6 Å². The fourth-order valence-corrected chi connectivity index (χ4v) is 5.72. The summed E-state index contributed by atoms with van der Waals surface area (Å²) in [7, 11) is -6.95. The summed E-state index contributed by atoms with van der Waals surface area (Å²) in [6.45, 7) is 3.02. The average molecular weight is 429 g/mol. The number of anilines is 1. The molecule has 6 nitrogen and oxygen atoms in total. The normalized spacial score (nSPS) is 16.4. The lowest BCUT2D eigenvalue weighted by atomic mass is 10.2. The van der Waals surface area contributed by atoms with Gasteiger partial charge < -0.3 is 4.90 Å². The van der Waals surface area contributed by atoms with Crippen molar-refractivity contribution in [1.82, 2.24) is 4.31 Å². The Balaban J connectivity index is 1.80. The van der Waals surface area contributed by atoms with Crippen LogP contribution in [0.3, 0.4) is 0 Å². The minimum absolute atomic E-state index is 0.0227. The molecule has 146 valence electrons. The zero-order valence-electron chi connectivity index (χ0n) is 14.9. The van der Waals surface area contributed by atoms with Gasteiger partial charge in [0.1, 0.15) is 0 Å². The van der Waals surface area contributed by atoms with Crippen LogP contribution in [0.25, 0.3) is 0 Å². The van der Waals surface area contributed by atoms with Crippen LogP contribution >= 0.6 is 11.6 Å². The summed E-state index contributed by atoms with van der Waals surface area (Å²) in [6, 6.07) is 13.0. The van der Waals surface area contributed by atoms with Gasteiger partial charge in [0.2, 0.25) is 10.0 Å². The van der Waals surface area contributed by atoms with Crippen LogP contribution in [0.2, 0.25) is 5.02 Å². The molecule has 0 unspecified atom stereocenters. The molecule has 1 saturated heterocycles. The maximum atomic E-state index is 12.8. The highest BCUT2D eigenvalue weighted by molar-refractivity contribution is 7.91. The standard InChI is InChI=1S/C18H21ClN2O4S2/c1-2-26(22,23)18-6-4-3-5-17(18)20-11-13-21(14-12-20)27(24,25)16-9-7-15(19)8-10-16/h3-10H,2,11-14H2,1H3. The van der Waals surface area contributed by atoms with Gasteiger partial charge in [0.05, 0.1) is 21.2 Å². The third kappa shape index (κ3) is 4.13. The molecule has 0 spiro atoms. The highest BCUT2D eigenvalue weighted by atomic mass is 35.5. The summed E-state index contributed by atoms with van der Waals surface area (Å²) in [5.74, 6) is 0.0227. The fourth-order valence-electron chi connectivity index (χ4n) is 3.06. The van der Waals surface area contributed by atoms with Gasteiger partial charge in [-0.1, -0.05) is 30.7 Å². The Labute approximate surface area is 165 Å². The second-order valence-electron chi connectivity index (χ2n) is 6.22. The van der Waals surface area contributed by atoms with Gasteiger partial charge in [-0.15, -0.1) is 0 Å². The zero-order valence-corrected chi connectivity index (χ0v) is 17.3. The Hall–Kier alpha value is -1.61. The number of halogens is 1. The van der Waals surface area contributed by atoms with Crippen LogP contribution in [-0.2, 0) is 19.9 Å². The molecule has 9 heteroatoms. The number of sulfonamides is 1. The molecular formula is C18H21ClN2O4S2. The van der Waals surface area contributed by atoms with Gasteiger partial charge in [0.15, 0.2) is 9.84 Å². The van der Waals surface area contributed by atoms with Crippen molar-refractivity contribution < 1.29 is 16.8 Å². The Kier molecular flexibility index (Phi) is 5.81. The summed E-state index contributed by atoms with van der Waals surface area (Å²) in [4.78, 5) is 2.42. The Morgan fingerprint density at radius 3 is 2.07 bits per heavy atom. The van der Waals surface area contributed by atoms with E-state index in [1.54, 1.807) is 43.3 Å². The smallest absolute Gasteiger partial charge is 0.243 e. The second-order valence-corrected chi connectivity index (χ2v) is 10.8. The molecule has 27 heavy (non-hydrogen) atoms. The molecule has 0 saturated carbocycles. The number of sulfone groups is 1. The molecular weight excluding hydrogens is 408 g/mol. The first-order valence-corrected chi connectivity index (χ1v) is 12.0. The van der Waals surface area contributed by atoms with Gasteiger partial charge >= 0.3 is 0 Å². The first-order chi connectivity index (χ1) is 12.8. The van der Waals surface area contributed by atoms with Gasteiger partial charge in [0, 0.05) is 31.2 Å². The van der Waals surface area contributed by atoms with Gasteiger partial charge in [-0.2, -0.15) is 4.31 Å². The molecule has 1 heterocycles. The Bertz CT molecular complexity index is 1010. The first kappa shape index (κ1) is 20.1. The molecule has 1 fully saturated rings. The number of nitrogens with zero attached hydrogens (tertiary/aromatic N) is 2. The molecule has 0 atom stereocenters. The summed E-state index contributed by atoms with van der Waals surface area (Å²) >= 11 is 5.83. The van der Waals surface area contributed by atoms with E-state index in [9.17, 15) is 16.8 Å². The minimum atomic E-state index is -3.60. The molecule has 1 aliphatic rings. The van der Waals surface area contributed by atoms with Gasteiger partial charge in [-0.3, -0.25) is 0 Å². The maximum Gasteiger partial charge on any atom is 0.243 e. The van der Waals surface area contributed by atoms with Crippen molar-refractivity contribution in [3.63, 3.8) is 0 Å². The molecule has 0 aliphatic carbocycles. The van der Waals surface area contributed by atoms with Crippen molar-refractivity contribution in [2.75, 3.05) is 36.8 Å². The summed E-state index contributed by atoms with van der Waals surface area (Å²) < 4.78 is 51.7. The first-order valence-electron chi connectivity index (χ1n) is 8.58. The van der Waals surface area contributed by atoms with Crippen molar-refractivity contribution in [3.8, 4) is 0 Å². The minimum Gasteiger partial charge on any atom is -0.368 e. The van der Waals surface area contributed by atoms with Crippen LogP contribution in [0.4, 0.5) is 5.69 Å². The third-order valence-corrected chi connectivity index (χ3v) is 8.55. The van der Waals surface area contributed by atoms with Crippen molar-refractivity contribution in [3.05, 3.63) is 53.6 Å². The van der Waals surface area contributed by atoms with E-state index in [0.29, 0.717) is 28.7 Å². The highest BCUT2D eigenvalue weighted by Crippen LogP contribution is 2.28. The SMILES string of the molecule is CCS(=O)(=O)c1ccccc1N1CCN(S(=O)(=O)c2ccc(Cl)cc2)CC1. The Morgan fingerprint density at radius 2 is 1.48 bits per heavy atom. The average Bonchev–Trinajstić information content (AvgIpc) is 2.68. The lowest BCUT2D eigenvalue weighted by Crippen LogP contribution is -2.49. The van der Waals surface area contributed by atoms with Crippen molar-refractivity contribution in [2.45, 2.75) is 16.7 Å². The van der Waals surface area contributed by atoms with Gasteiger partial charge in [-0.25, -0.2) is 16.8 Å². The van der Waals surface area contributed by atoms with Crippen LogP contribution in [0.5, 0.6) is 0 Å². The summed E-state index contributed by atoms with van der Waals surface area (Å²) in [5.41, 5.74) is 0.628. The number of benzene rings is 2. The molecule has 0 amide bonds. The van der Waals surface area contributed by atoms with E-state index in [-0.39, 0.29) is 23.7 Å². The number of hydrogen-bond acceptors (Lipinski definition) is 5. The number of rotatable bonds is 5. The zero-order chi connectivity index (χ0) is 19.7. The van der Waals surface area contributed by atoms with Crippen molar-refractivity contribution >= 4 is 37.1 Å². The molecule has 2 aromatic carbocycles. The molecule has 1 aliphatic heterocycles. The number of piperazine rings is 1.